The second-order valence-electron chi connectivity index (χ2n) is 23.4. The molecule has 3 nitrogen and oxygen atoms in total. The third-order valence-electron chi connectivity index (χ3n) is 15.7. The Balaban J connectivity index is 1.25. The molecule has 73 heavy (non-hydrogen) atoms. The van der Waals surface area contributed by atoms with Crippen LogP contribution in [0.25, 0.3) is 21.2 Å². The van der Waals surface area contributed by atoms with Gasteiger partial charge in [-0.05, 0) is 165 Å². The van der Waals surface area contributed by atoms with Gasteiger partial charge in [0.2, 0.25) is 0 Å². The number of thiophene rings is 1. The molecule has 9 aromatic rings. The van der Waals surface area contributed by atoms with E-state index in [1.54, 1.807) is 0 Å². The molecule has 0 amide bonds. The molecule has 1 aromatic heterocycles. The highest BCUT2D eigenvalue weighted by Gasteiger charge is 2.46. The minimum atomic E-state index is -0.0307. The predicted octanol–water partition coefficient (Wildman–Crippen LogP) is 18.1. The van der Waals surface area contributed by atoms with Crippen LogP contribution in [0.15, 0.2) is 176 Å². The quantitative estimate of drug-likeness (QED) is 0.120. The molecule has 0 radical (unpaired) electrons. The molecular weight excluding hydrogens is 902 g/mol. The topological polar surface area (TPSA) is 9.72 Å². The fourth-order valence-corrected chi connectivity index (χ4v) is 13.1. The number of nitrogens with zero attached hydrogens (tertiary/aromatic N) is 3. The Morgan fingerprint density at radius 1 is 0.548 bits per heavy atom. The van der Waals surface area contributed by atoms with Crippen molar-refractivity contribution in [3.8, 4) is 11.1 Å². The molecule has 8 aromatic carbocycles. The average molecular weight is 972 g/mol. The van der Waals surface area contributed by atoms with E-state index in [1.165, 1.54) is 112 Å². The van der Waals surface area contributed by atoms with Crippen LogP contribution in [0.4, 0.5) is 51.2 Å². The molecule has 0 bridgehead atoms. The smallest absolute Gasteiger partial charge is 0.264 e. The van der Waals surface area contributed by atoms with Gasteiger partial charge in [0.1, 0.15) is 0 Å². The molecule has 0 unspecified atom stereocenters. The fourth-order valence-electron chi connectivity index (χ4n) is 11.8. The number of rotatable bonds is 11. The SMILES string of the molecule is CCCCC(C)(C)c1cc2sc3c(c2cc1CC)N(c1ccc(C(C)(C)C)cc1-c1ccccc1)c1cc(C)cc2c1B3c1ccc(N(c3ccccc3)c3ccccc3)cc1N2c1ccc(C(C)(C)C)cc1. The van der Waals surface area contributed by atoms with Crippen molar-refractivity contribution in [2.24, 2.45) is 0 Å². The molecule has 5 heteroatoms. The number of hydrogen-bond acceptors (Lipinski definition) is 4. The van der Waals surface area contributed by atoms with Crippen LogP contribution in [-0.2, 0) is 22.7 Å². The monoisotopic (exact) mass is 972 g/mol. The van der Waals surface area contributed by atoms with Crippen molar-refractivity contribution in [2.75, 3.05) is 14.7 Å². The Kier molecular flexibility index (Phi) is 12.3. The molecule has 11 rings (SSSR count). The Hall–Kier alpha value is -6.82. The molecule has 0 spiro atoms. The van der Waals surface area contributed by atoms with E-state index in [2.05, 4.69) is 267 Å². The summed E-state index contributed by atoms with van der Waals surface area (Å²) in [7, 11) is 0. The summed E-state index contributed by atoms with van der Waals surface area (Å²) in [5.74, 6) is 0. The van der Waals surface area contributed by atoms with E-state index in [1.807, 2.05) is 11.3 Å². The van der Waals surface area contributed by atoms with Crippen molar-refractivity contribution < 1.29 is 0 Å². The molecule has 0 aliphatic carbocycles. The zero-order valence-corrected chi connectivity index (χ0v) is 45.7. The van der Waals surface area contributed by atoms with E-state index >= 15 is 0 Å². The number of para-hydroxylation sites is 2. The second-order valence-corrected chi connectivity index (χ2v) is 24.5. The number of unbranched alkanes of at least 4 members (excludes halogenated alkanes) is 1. The van der Waals surface area contributed by atoms with Crippen LogP contribution in [0.5, 0.6) is 0 Å². The van der Waals surface area contributed by atoms with Gasteiger partial charge in [-0.15, -0.1) is 11.3 Å². The molecule has 3 heterocycles. The van der Waals surface area contributed by atoms with Crippen LogP contribution in [0.2, 0.25) is 0 Å². The first-order chi connectivity index (χ1) is 35.1. The van der Waals surface area contributed by atoms with Crippen molar-refractivity contribution >= 4 is 95.0 Å². The predicted molar refractivity (Wildman–Crippen MR) is 320 cm³/mol. The van der Waals surface area contributed by atoms with E-state index in [9.17, 15) is 0 Å². The summed E-state index contributed by atoms with van der Waals surface area (Å²) in [5.41, 5.74) is 22.8. The number of anilines is 9. The van der Waals surface area contributed by atoms with Crippen molar-refractivity contribution in [2.45, 2.75) is 118 Å². The summed E-state index contributed by atoms with van der Waals surface area (Å²) in [5, 5.41) is 1.34. The van der Waals surface area contributed by atoms with Gasteiger partial charge in [0.25, 0.3) is 6.71 Å². The second kappa shape index (κ2) is 18.6. The molecule has 2 aliphatic rings. The maximum absolute atomic E-state index is 2.69. The van der Waals surface area contributed by atoms with E-state index in [-0.39, 0.29) is 23.0 Å². The van der Waals surface area contributed by atoms with Gasteiger partial charge < -0.3 is 14.7 Å². The third kappa shape index (κ3) is 8.58. The lowest BCUT2D eigenvalue weighted by Crippen LogP contribution is -2.60. The maximum atomic E-state index is 2.69. The van der Waals surface area contributed by atoms with Gasteiger partial charge in [-0.1, -0.05) is 173 Å². The lowest BCUT2D eigenvalue weighted by atomic mass is 9.36. The highest BCUT2D eigenvalue weighted by Crippen LogP contribution is 2.52. The Bertz CT molecular complexity index is 3450. The highest BCUT2D eigenvalue weighted by atomic mass is 32.1. The summed E-state index contributed by atoms with van der Waals surface area (Å²) in [6.07, 6.45) is 4.57. The van der Waals surface area contributed by atoms with Crippen LogP contribution >= 0.6 is 11.3 Å². The van der Waals surface area contributed by atoms with Crippen LogP contribution in [0.1, 0.15) is 116 Å². The van der Waals surface area contributed by atoms with Gasteiger partial charge in [-0.3, -0.25) is 0 Å². The Labute approximate surface area is 440 Å². The normalized spacial score (nSPS) is 13.3. The molecule has 0 saturated carbocycles. The zero-order chi connectivity index (χ0) is 51.0. The van der Waals surface area contributed by atoms with Gasteiger partial charge in [0.05, 0.1) is 11.4 Å². The average Bonchev–Trinajstić information content (AvgIpc) is 3.76. The number of aryl methyl sites for hydroxylation is 2. The number of fused-ring (bicyclic) bond motifs is 6. The van der Waals surface area contributed by atoms with Crippen LogP contribution in [0, 0.1) is 6.92 Å². The lowest BCUT2D eigenvalue weighted by molar-refractivity contribution is 0.455. The van der Waals surface area contributed by atoms with E-state index in [0.717, 1.165) is 29.2 Å². The summed E-state index contributed by atoms with van der Waals surface area (Å²) in [4.78, 5) is 7.69. The van der Waals surface area contributed by atoms with Gasteiger partial charge in [-0.25, -0.2) is 0 Å². The number of hydrogen-bond donors (Lipinski definition) is 0. The van der Waals surface area contributed by atoms with Crippen LogP contribution < -0.4 is 30.4 Å². The van der Waals surface area contributed by atoms with Crippen molar-refractivity contribution in [3.05, 3.63) is 204 Å². The first-order valence-electron chi connectivity index (χ1n) is 26.7. The third-order valence-corrected chi connectivity index (χ3v) is 17.0. The van der Waals surface area contributed by atoms with Crippen LogP contribution in [-0.4, -0.2) is 6.71 Å². The maximum Gasteiger partial charge on any atom is 0.264 e. The van der Waals surface area contributed by atoms with Crippen molar-refractivity contribution in [1.82, 2.24) is 0 Å². The van der Waals surface area contributed by atoms with E-state index in [4.69, 9.17) is 0 Å². The Morgan fingerprint density at radius 3 is 1.75 bits per heavy atom. The minimum Gasteiger partial charge on any atom is -0.311 e. The molecule has 366 valence electrons. The summed E-state index contributed by atoms with van der Waals surface area (Å²) >= 11 is 2.02. The van der Waals surface area contributed by atoms with Crippen molar-refractivity contribution in [1.29, 1.82) is 0 Å². The largest absolute Gasteiger partial charge is 0.311 e. The molecule has 0 fully saturated rings. The van der Waals surface area contributed by atoms with Gasteiger partial charge >= 0.3 is 0 Å². The van der Waals surface area contributed by atoms with Gasteiger partial charge in [0, 0.05) is 60.2 Å². The molecular formula is C68H70BN3S. The van der Waals surface area contributed by atoms with Crippen LogP contribution in [0.3, 0.4) is 0 Å². The summed E-state index contributed by atoms with van der Waals surface area (Å²) in [6.45, 7) is 25.8. The summed E-state index contributed by atoms with van der Waals surface area (Å²) < 4.78 is 2.76. The fraction of sp³-hybridized carbons (Fsp3) is 0.265. The standard InChI is InChI=1S/C68H70BN3S/c1-12-14-38-68(10,11)56-44-62-55(41-46(56)13-2)64-65(73-62)69-57-36-35-53(70(50-26-20-16-21-27-50)51-28-22-17-23-29-51)43-59(57)71(52-33-30-48(31-34-52)66(4,5)6)60-39-45(3)40-61(63(60)69)72(64)58-37-32-49(67(7,8)9)42-54(58)47-24-18-15-19-25-47/h15-37,39-44H,12-14,38H2,1-11H3. The molecule has 0 saturated heterocycles. The summed E-state index contributed by atoms with van der Waals surface area (Å²) in [6, 6.07) is 66.9. The Morgan fingerprint density at radius 2 is 1.15 bits per heavy atom. The first-order valence-corrected chi connectivity index (χ1v) is 27.6. The zero-order valence-electron chi connectivity index (χ0n) is 44.9. The molecule has 0 N–H and O–H groups in total. The first kappa shape index (κ1) is 48.5. The van der Waals surface area contributed by atoms with Gasteiger partial charge in [-0.2, -0.15) is 0 Å². The number of benzene rings is 8. The van der Waals surface area contributed by atoms with E-state index in [0.29, 0.717) is 0 Å². The minimum absolute atomic E-state index is 0.0130. The lowest BCUT2D eigenvalue weighted by Gasteiger charge is -2.44. The highest BCUT2D eigenvalue weighted by molar-refractivity contribution is 7.33. The van der Waals surface area contributed by atoms with Crippen molar-refractivity contribution in [3.63, 3.8) is 0 Å². The van der Waals surface area contributed by atoms with E-state index < -0.39 is 0 Å². The molecule has 0 atom stereocenters. The molecule has 2 aliphatic heterocycles. The van der Waals surface area contributed by atoms with Gasteiger partial charge in [0.15, 0.2) is 0 Å².